The van der Waals surface area contributed by atoms with Gasteiger partial charge in [0.05, 0.1) is 0 Å². The third kappa shape index (κ3) is 7.98. The van der Waals surface area contributed by atoms with E-state index < -0.39 is 5.60 Å². The van der Waals surface area contributed by atoms with Crippen LogP contribution in [-0.2, 0) is 11.3 Å². The second-order valence-corrected chi connectivity index (χ2v) is 9.37. The van der Waals surface area contributed by atoms with Crippen LogP contribution in [0.5, 0.6) is 0 Å². The van der Waals surface area contributed by atoms with Crippen molar-refractivity contribution >= 4 is 12.0 Å². The van der Waals surface area contributed by atoms with Crippen molar-refractivity contribution in [2.24, 2.45) is 0 Å². The van der Waals surface area contributed by atoms with Gasteiger partial charge in [0.15, 0.2) is 0 Å². The Balaban J connectivity index is 1.78. The van der Waals surface area contributed by atoms with E-state index >= 15 is 0 Å². The van der Waals surface area contributed by atoms with Crippen molar-refractivity contribution in [1.82, 2.24) is 15.1 Å². The number of nitrogens with zero attached hydrogens (tertiary/aromatic N) is 2. The number of carbonyl (C=O) groups excluding carboxylic acids is 2. The van der Waals surface area contributed by atoms with Crippen LogP contribution < -0.4 is 5.32 Å². The summed E-state index contributed by atoms with van der Waals surface area (Å²) in [6.07, 6.45) is 2.52. The summed E-state index contributed by atoms with van der Waals surface area (Å²) in [5.74, 6) is -0.0759. The zero-order chi connectivity index (χ0) is 22.3. The molecular weight excluding hydrogens is 378 g/mol. The molecule has 0 heterocycles. The number of amides is 2. The number of carbonyl (C=O) groups is 2. The quantitative estimate of drug-likeness (QED) is 0.572. The molecule has 0 radical (unpaired) electrons. The van der Waals surface area contributed by atoms with Crippen LogP contribution in [0.4, 0.5) is 4.79 Å². The van der Waals surface area contributed by atoms with Gasteiger partial charge in [-0.3, -0.25) is 9.69 Å². The summed E-state index contributed by atoms with van der Waals surface area (Å²) in [6, 6.07) is 8.60. The van der Waals surface area contributed by atoms with E-state index in [1.54, 1.807) is 4.90 Å². The van der Waals surface area contributed by atoms with Crippen LogP contribution in [0.2, 0.25) is 0 Å². The SMILES string of the molecule is CCN(Cc1ccc(C(=O)NCCCN(C(=O)OC(C)(C)C)C2CC2)cc1)C(C)C. The number of ether oxygens (including phenoxy) is 1. The molecule has 1 aliphatic rings. The molecule has 1 N–H and O–H groups in total. The summed E-state index contributed by atoms with van der Waals surface area (Å²) in [5, 5.41) is 2.96. The van der Waals surface area contributed by atoms with Gasteiger partial charge >= 0.3 is 6.09 Å². The largest absolute Gasteiger partial charge is 0.444 e. The maximum absolute atomic E-state index is 12.4. The fourth-order valence-electron chi connectivity index (χ4n) is 3.34. The smallest absolute Gasteiger partial charge is 0.410 e. The zero-order valence-corrected chi connectivity index (χ0v) is 19.5. The summed E-state index contributed by atoms with van der Waals surface area (Å²) >= 11 is 0. The van der Waals surface area contributed by atoms with E-state index in [-0.39, 0.29) is 18.0 Å². The summed E-state index contributed by atoms with van der Waals surface area (Å²) in [5.41, 5.74) is 1.38. The number of rotatable bonds is 10. The van der Waals surface area contributed by atoms with Gasteiger partial charge in [0.2, 0.25) is 0 Å². The van der Waals surface area contributed by atoms with Crippen molar-refractivity contribution in [3.63, 3.8) is 0 Å². The van der Waals surface area contributed by atoms with Crippen LogP contribution in [0.3, 0.4) is 0 Å². The highest BCUT2D eigenvalue weighted by atomic mass is 16.6. The molecule has 0 aromatic heterocycles. The van der Waals surface area contributed by atoms with Crippen LogP contribution in [0.25, 0.3) is 0 Å². The second-order valence-electron chi connectivity index (χ2n) is 9.37. The first-order chi connectivity index (χ1) is 14.1. The fraction of sp³-hybridized carbons (Fsp3) is 0.667. The fourth-order valence-corrected chi connectivity index (χ4v) is 3.34. The second kappa shape index (κ2) is 10.8. The molecular formula is C24H39N3O3. The maximum Gasteiger partial charge on any atom is 0.410 e. The van der Waals surface area contributed by atoms with Gasteiger partial charge < -0.3 is 15.0 Å². The molecule has 30 heavy (non-hydrogen) atoms. The number of nitrogens with one attached hydrogen (secondary N) is 1. The van der Waals surface area contributed by atoms with E-state index in [1.807, 2.05) is 45.0 Å². The molecule has 0 bridgehead atoms. The Labute approximate surface area is 182 Å². The van der Waals surface area contributed by atoms with Crippen molar-refractivity contribution in [2.45, 2.75) is 85.0 Å². The molecule has 0 saturated heterocycles. The highest BCUT2D eigenvalue weighted by molar-refractivity contribution is 5.94. The Morgan fingerprint density at radius 2 is 1.80 bits per heavy atom. The average Bonchev–Trinajstić information content (AvgIpc) is 3.49. The van der Waals surface area contributed by atoms with E-state index in [9.17, 15) is 9.59 Å². The van der Waals surface area contributed by atoms with Crippen LogP contribution in [-0.4, -0.2) is 59.1 Å². The molecule has 0 unspecified atom stereocenters. The molecule has 1 fully saturated rings. The summed E-state index contributed by atoms with van der Waals surface area (Å²) < 4.78 is 5.51. The lowest BCUT2D eigenvalue weighted by molar-refractivity contribution is 0.0232. The first-order valence-electron chi connectivity index (χ1n) is 11.2. The summed E-state index contributed by atoms with van der Waals surface area (Å²) in [6.45, 7) is 15.2. The molecule has 168 valence electrons. The first kappa shape index (κ1) is 24.2. The standard InChI is InChI=1S/C24H39N3O3/c1-7-26(18(2)3)17-19-9-11-20(12-10-19)22(28)25-15-8-16-27(21-13-14-21)23(29)30-24(4,5)6/h9-12,18,21H,7-8,13-17H2,1-6H3,(H,25,28). The molecule has 1 aromatic carbocycles. The van der Waals surface area contributed by atoms with E-state index in [4.69, 9.17) is 4.74 Å². The van der Waals surface area contributed by atoms with Gasteiger partial charge in [-0.2, -0.15) is 0 Å². The maximum atomic E-state index is 12.4. The third-order valence-electron chi connectivity index (χ3n) is 5.22. The Morgan fingerprint density at radius 3 is 2.30 bits per heavy atom. The normalized spacial score (nSPS) is 14.1. The van der Waals surface area contributed by atoms with E-state index in [1.165, 1.54) is 5.56 Å². The van der Waals surface area contributed by atoms with Crippen LogP contribution in [0, 0.1) is 0 Å². The lowest BCUT2D eigenvalue weighted by atomic mass is 10.1. The highest BCUT2D eigenvalue weighted by Crippen LogP contribution is 2.28. The molecule has 6 nitrogen and oxygen atoms in total. The number of hydrogen-bond donors (Lipinski definition) is 1. The third-order valence-corrected chi connectivity index (χ3v) is 5.22. The van der Waals surface area contributed by atoms with Crippen LogP contribution >= 0.6 is 0 Å². The average molecular weight is 418 g/mol. The molecule has 6 heteroatoms. The van der Waals surface area contributed by atoms with Gasteiger partial charge in [-0.1, -0.05) is 19.1 Å². The number of benzene rings is 1. The van der Waals surface area contributed by atoms with Gasteiger partial charge in [0.1, 0.15) is 5.60 Å². The molecule has 0 spiro atoms. The number of hydrogen-bond acceptors (Lipinski definition) is 4. The van der Waals surface area contributed by atoms with Gasteiger partial charge in [0, 0.05) is 37.3 Å². The Kier molecular flexibility index (Phi) is 8.71. The molecule has 0 atom stereocenters. The zero-order valence-electron chi connectivity index (χ0n) is 19.5. The van der Waals surface area contributed by atoms with Gasteiger partial charge in [0.25, 0.3) is 5.91 Å². The molecule has 1 saturated carbocycles. The molecule has 2 amide bonds. The van der Waals surface area contributed by atoms with Crippen molar-refractivity contribution in [2.75, 3.05) is 19.6 Å². The lowest BCUT2D eigenvalue weighted by Gasteiger charge is -2.27. The molecule has 2 rings (SSSR count). The van der Waals surface area contributed by atoms with Crippen molar-refractivity contribution in [1.29, 1.82) is 0 Å². The van der Waals surface area contributed by atoms with E-state index in [0.29, 0.717) is 31.1 Å². The van der Waals surface area contributed by atoms with E-state index in [0.717, 1.165) is 25.9 Å². The molecule has 0 aliphatic heterocycles. The van der Waals surface area contributed by atoms with Crippen LogP contribution in [0.15, 0.2) is 24.3 Å². The topological polar surface area (TPSA) is 61.9 Å². The highest BCUT2D eigenvalue weighted by Gasteiger charge is 2.34. The van der Waals surface area contributed by atoms with Crippen LogP contribution in [0.1, 0.15) is 76.7 Å². The van der Waals surface area contributed by atoms with E-state index in [2.05, 4.69) is 31.0 Å². The van der Waals surface area contributed by atoms with Crippen molar-refractivity contribution < 1.29 is 14.3 Å². The van der Waals surface area contributed by atoms with Crippen molar-refractivity contribution in [3.05, 3.63) is 35.4 Å². The van der Waals surface area contributed by atoms with Gasteiger partial charge in [-0.25, -0.2) is 4.79 Å². The lowest BCUT2D eigenvalue weighted by Crippen LogP contribution is -2.39. The minimum atomic E-state index is -0.492. The molecule has 1 aromatic rings. The Hall–Kier alpha value is -2.08. The minimum absolute atomic E-state index is 0.0759. The first-order valence-corrected chi connectivity index (χ1v) is 11.2. The van der Waals surface area contributed by atoms with Crippen molar-refractivity contribution in [3.8, 4) is 0 Å². The van der Waals surface area contributed by atoms with Gasteiger partial charge in [-0.15, -0.1) is 0 Å². The summed E-state index contributed by atoms with van der Waals surface area (Å²) in [4.78, 5) is 29.0. The minimum Gasteiger partial charge on any atom is -0.444 e. The monoisotopic (exact) mass is 417 g/mol. The Morgan fingerprint density at radius 1 is 1.17 bits per heavy atom. The summed E-state index contributed by atoms with van der Waals surface area (Å²) in [7, 11) is 0. The predicted octanol–water partition coefficient (Wildman–Crippen LogP) is 4.44. The predicted molar refractivity (Wildman–Crippen MR) is 121 cm³/mol. The molecule has 1 aliphatic carbocycles. The van der Waals surface area contributed by atoms with Gasteiger partial charge in [-0.05, 0) is 78.1 Å². The Bertz CT molecular complexity index is 691.